The molecule has 1 aliphatic rings. The second-order valence-corrected chi connectivity index (χ2v) is 10.3. The van der Waals surface area contributed by atoms with E-state index in [1.807, 2.05) is 48.1 Å². The first kappa shape index (κ1) is 23.2. The van der Waals surface area contributed by atoms with Crippen molar-refractivity contribution in [3.63, 3.8) is 0 Å². The normalized spacial score (nSPS) is 14.8. The van der Waals surface area contributed by atoms with Crippen LogP contribution >= 0.6 is 0 Å². The highest BCUT2D eigenvalue weighted by Gasteiger charge is 2.26. The summed E-state index contributed by atoms with van der Waals surface area (Å²) in [4.78, 5) is 12.8. The van der Waals surface area contributed by atoms with Gasteiger partial charge in [0.15, 0.2) is 0 Å². The van der Waals surface area contributed by atoms with Crippen molar-refractivity contribution in [3.05, 3.63) is 77.6 Å². The van der Waals surface area contributed by atoms with Crippen LogP contribution in [0.1, 0.15) is 47.3 Å². The molecule has 0 atom stereocenters. The maximum Gasteiger partial charge on any atom is 0.251 e. The van der Waals surface area contributed by atoms with E-state index in [4.69, 9.17) is 0 Å². The van der Waals surface area contributed by atoms with Gasteiger partial charge in [0.25, 0.3) is 5.91 Å². The molecule has 174 valence electrons. The number of carbonyl (C=O) groups is 1. The topological polar surface area (TPSA) is 84.3 Å². The molecule has 3 aromatic rings. The highest BCUT2D eigenvalue weighted by molar-refractivity contribution is 7.89. The number of aryl methyl sites for hydroxylation is 2. The van der Waals surface area contributed by atoms with Crippen molar-refractivity contribution in [2.45, 2.75) is 43.9 Å². The molecule has 2 heterocycles. The summed E-state index contributed by atoms with van der Waals surface area (Å²) in [5.41, 5.74) is 3.49. The number of hydrogen-bond donors (Lipinski definition) is 1. The Morgan fingerprint density at radius 2 is 1.79 bits per heavy atom. The molecule has 1 aromatic heterocycles. The average molecular weight is 467 g/mol. The van der Waals surface area contributed by atoms with Crippen LogP contribution in [0.25, 0.3) is 5.69 Å². The zero-order valence-electron chi connectivity index (χ0n) is 18.9. The quantitative estimate of drug-likeness (QED) is 0.513. The second-order valence-electron chi connectivity index (χ2n) is 8.37. The van der Waals surface area contributed by atoms with Gasteiger partial charge < -0.3 is 5.32 Å². The molecule has 1 aliphatic heterocycles. The molecule has 1 N–H and O–H groups in total. The molecule has 1 saturated heterocycles. The van der Waals surface area contributed by atoms with Crippen molar-refractivity contribution in [3.8, 4) is 5.69 Å². The average Bonchev–Trinajstić information content (AvgIpc) is 3.23. The highest BCUT2D eigenvalue weighted by atomic mass is 32.2. The van der Waals surface area contributed by atoms with Gasteiger partial charge in [-0.15, -0.1) is 0 Å². The monoisotopic (exact) mass is 466 g/mol. The van der Waals surface area contributed by atoms with E-state index in [-0.39, 0.29) is 10.8 Å². The summed E-state index contributed by atoms with van der Waals surface area (Å²) in [6, 6.07) is 16.3. The number of nitrogens with zero attached hydrogens (tertiary/aromatic N) is 3. The Bertz CT molecular complexity index is 1200. The van der Waals surface area contributed by atoms with E-state index in [2.05, 4.69) is 10.4 Å². The third-order valence-electron chi connectivity index (χ3n) is 5.98. The van der Waals surface area contributed by atoms with Crippen molar-refractivity contribution in [2.24, 2.45) is 0 Å². The first-order chi connectivity index (χ1) is 15.9. The predicted octanol–water partition coefficient (Wildman–Crippen LogP) is 3.72. The van der Waals surface area contributed by atoms with Crippen molar-refractivity contribution < 1.29 is 13.2 Å². The Kier molecular flexibility index (Phi) is 7.25. The highest BCUT2D eigenvalue weighted by Crippen LogP contribution is 2.21. The Morgan fingerprint density at radius 3 is 2.55 bits per heavy atom. The molecule has 1 amide bonds. The molecule has 0 spiro atoms. The smallest absolute Gasteiger partial charge is 0.251 e. The number of sulfonamides is 1. The SMILES string of the molecule is Cc1nn(-c2ccccc2)cc1CCCNC(=O)c1cccc(S(=O)(=O)N2CCCCC2)c1. The van der Waals surface area contributed by atoms with Crippen molar-refractivity contribution in [2.75, 3.05) is 19.6 Å². The fourth-order valence-corrected chi connectivity index (χ4v) is 5.65. The summed E-state index contributed by atoms with van der Waals surface area (Å²) in [6.45, 7) is 3.57. The number of aromatic nitrogens is 2. The number of rotatable bonds is 8. The van der Waals surface area contributed by atoms with Crippen LogP contribution in [0.15, 0.2) is 65.7 Å². The van der Waals surface area contributed by atoms with Gasteiger partial charge in [0.05, 0.1) is 16.3 Å². The third-order valence-corrected chi connectivity index (χ3v) is 7.87. The molecular weight excluding hydrogens is 436 g/mol. The number of piperidine rings is 1. The van der Waals surface area contributed by atoms with Gasteiger partial charge in [-0.25, -0.2) is 13.1 Å². The van der Waals surface area contributed by atoms with Crippen LogP contribution in [0.4, 0.5) is 0 Å². The summed E-state index contributed by atoms with van der Waals surface area (Å²) in [5.74, 6) is -0.262. The van der Waals surface area contributed by atoms with E-state index in [9.17, 15) is 13.2 Å². The first-order valence-corrected chi connectivity index (χ1v) is 12.9. The van der Waals surface area contributed by atoms with E-state index in [1.54, 1.807) is 18.2 Å². The molecule has 0 saturated carbocycles. The van der Waals surface area contributed by atoms with Crippen molar-refractivity contribution >= 4 is 15.9 Å². The molecule has 0 bridgehead atoms. The Hall–Kier alpha value is -2.97. The van der Waals surface area contributed by atoms with Crippen molar-refractivity contribution in [1.82, 2.24) is 19.4 Å². The lowest BCUT2D eigenvalue weighted by Crippen LogP contribution is -2.35. The molecule has 2 aromatic carbocycles. The summed E-state index contributed by atoms with van der Waals surface area (Å²) in [6.07, 6.45) is 6.40. The molecule has 0 radical (unpaired) electrons. The maximum atomic E-state index is 12.9. The van der Waals surface area contributed by atoms with Crippen LogP contribution in [-0.2, 0) is 16.4 Å². The lowest BCUT2D eigenvalue weighted by Gasteiger charge is -2.26. The minimum atomic E-state index is -3.56. The van der Waals surface area contributed by atoms with Gasteiger partial charge in [-0.1, -0.05) is 30.7 Å². The number of benzene rings is 2. The molecule has 1 fully saturated rings. The number of para-hydroxylation sites is 1. The summed E-state index contributed by atoms with van der Waals surface area (Å²) in [7, 11) is -3.56. The Labute approximate surface area is 195 Å². The van der Waals surface area contributed by atoms with E-state index < -0.39 is 10.0 Å². The van der Waals surface area contributed by atoms with Gasteiger partial charge in [-0.2, -0.15) is 9.40 Å². The third kappa shape index (κ3) is 5.51. The van der Waals surface area contributed by atoms with Crippen LogP contribution in [0.2, 0.25) is 0 Å². The van der Waals surface area contributed by atoms with E-state index >= 15 is 0 Å². The predicted molar refractivity (Wildman–Crippen MR) is 128 cm³/mol. The first-order valence-electron chi connectivity index (χ1n) is 11.4. The number of hydrogen-bond acceptors (Lipinski definition) is 4. The fourth-order valence-electron chi connectivity index (χ4n) is 4.09. The molecule has 7 nitrogen and oxygen atoms in total. The molecule has 4 rings (SSSR count). The van der Waals surface area contributed by atoms with Crippen LogP contribution in [0.5, 0.6) is 0 Å². The van der Waals surface area contributed by atoms with Crippen LogP contribution < -0.4 is 5.32 Å². The van der Waals surface area contributed by atoms with Gasteiger partial charge in [0, 0.05) is 31.4 Å². The molecule has 33 heavy (non-hydrogen) atoms. The van der Waals surface area contributed by atoms with Gasteiger partial charge in [0.1, 0.15) is 0 Å². The zero-order chi connectivity index (χ0) is 23.3. The Morgan fingerprint density at radius 1 is 1.03 bits per heavy atom. The molecule has 8 heteroatoms. The van der Waals surface area contributed by atoms with E-state index in [1.165, 1.54) is 10.4 Å². The second kappa shape index (κ2) is 10.3. The summed E-state index contributed by atoms with van der Waals surface area (Å²) < 4.78 is 29.2. The number of nitrogens with one attached hydrogen (secondary N) is 1. The molecule has 0 unspecified atom stereocenters. The Balaban J connectivity index is 1.33. The van der Waals surface area contributed by atoms with E-state index in [0.717, 1.165) is 49.0 Å². The van der Waals surface area contributed by atoms with Crippen LogP contribution in [0, 0.1) is 6.92 Å². The molecule has 0 aliphatic carbocycles. The van der Waals surface area contributed by atoms with Gasteiger partial charge in [-0.05, 0) is 68.5 Å². The maximum absolute atomic E-state index is 12.9. The lowest BCUT2D eigenvalue weighted by molar-refractivity contribution is 0.0953. The number of carbonyl (C=O) groups excluding carboxylic acids is 1. The zero-order valence-corrected chi connectivity index (χ0v) is 19.7. The standard InChI is InChI=1S/C25H30N4O3S/c1-20-22(19-29(27-20)23-12-4-2-5-13-23)11-9-15-26-25(30)21-10-8-14-24(18-21)33(31,32)28-16-6-3-7-17-28/h2,4-5,8,10,12-14,18-19H,3,6-7,9,11,15-17H2,1H3,(H,26,30). The fraction of sp³-hybridized carbons (Fsp3) is 0.360. The summed E-state index contributed by atoms with van der Waals surface area (Å²) in [5, 5.41) is 7.49. The summed E-state index contributed by atoms with van der Waals surface area (Å²) >= 11 is 0. The van der Waals surface area contributed by atoms with E-state index in [0.29, 0.717) is 25.2 Å². The van der Waals surface area contributed by atoms with Crippen LogP contribution in [-0.4, -0.2) is 48.0 Å². The number of amides is 1. The van der Waals surface area contributed by atoms with Gasteiger partial charge >= 0.3 is 0 Å². The minimum absolute atomic E-state index is 0.181. The minimum Gasteiger partial charge on any atom is -0.352 e. The largest absolute Gasteiger partial charge is 0.352 e. The van der Waals surface area contributed by atoms with Gasteiger partial charge in [0.2, 0.25) is 10.0 Å². The van der Waals surface area contributed by atoms with Crippen LogP contribution in [0.3, 0.4) is 0 Å². The van der Waals surface area contributed by atoms with Crippen molar-refractivity contribution in [1.29, 1.82) is 0 Å². The lowest BCUT2D eigenvalue weighted by atomic mass is 10.1. The molecular formula is C25H30N4O3S. The van der Waals surface area contributed by atoms with Gasteiger partial charge in [-0.3, -0.25) is 4.79 Å².